The summed E-state index contributed by atoms with van der Waals surface area (Å²) in [5.41, 5.74) is 0.237. The predicted octanol–water partition coefficient (Wildman–Crippen LogP) is 3.96. The summed E-state index contributed by atoms with van der Waals surface area (Å²) in [4.78, 5) is 49.3. The average molecular weight is 582 g/mol. The summed E-state index contributed by atoms with van der Waals surface area (Å²) in [6.07, 6.45) is 3.64. The Morgan fingerprint density at radius 2 is 1.70 bits per heavy atom. The van der Waals surface area contributed by atoms with Crippen LogP contribution in [0.4, 0.5) is 4.79 Å². The molecule has 0 aromatic heterocycles. The number of carbonyl (C=O) groups excluding carboxylic acids is 3. The number of aliphatic hydroxyl groups excluding tert-OH is 1. The summed E-state index contributed by atoms with van der Waals surface area (Å²) in [7, 11) is 0. The van der Waals surface area contributed by atoms with Crippen molar-refractivity contribution < 1.29 is 34.1 Å². The molecule has 0 aliphatic heterocycles. The molecule has 0 spiro atoms. The highest BCUT2D eigenvalue weighted by Gasteiger charge is 2.30. The molecule has 1 saturated carbocycles. The van der Waals surface area contributed by atoms with E-state index in [0.29, 0.717) is 23.8 Å². The SMILES string of the molecule is CC(C)(C)OC(=O)NC(CC1CCCCC1)C(O)CC(=O)N[C@@H](CCC(=O)O)C(=O)NCCc1ccc(Cl)cc1. The maximum Gasteiger partial charge on any atom is 0.407 e. The molecule has 0 bridgehead atoms. The quantitative estimate of drug-likeness (QED) is 0.223. The minimum absolute atomic E-state index is 0.106. The Balaban J connectivity index is 1.99. The van der Waals surface area contributed by atoms with Crippen molar-refractivity contribution >= 4 is 35.5 Å². The maximum absolute atomic E-state index is 12.9. The van der Waals surface area contributed by atoms with Gasteiger partial charge in [-0.1, -0.05) is 55.8 Å². The lowest BCUT2D eigenvalue weighted by Gasteiger charge is -2.31. The third-order valence-electron chi connectivity index (χ3n) is 6.80. The van der Waals surface area contributed by atoms with E-state index in [2.05, 4.69) is 16.0 Å². The van der Waals surface area contributed by atoms with Crippen LogP contribution in [0.1, 0.15) is 84.1 Å². The molecule has 5 N–H and O–H groups in total. The molecule has 1 aromatic carbocycles. The fourth-order valence-electron chi connectivity index (χ4n) is 4.78. The van der Waals surface area contributed by atoms with E-state index in [-0.39, 0.29) is 25.8 Å². The van der Waals surface area contributed by atoms with Crippen LogP contribution in [0.2, 0.25) is 5.02 Å². The number of rotatable bonds is 14. The monoisotopic (exact) mass is 581 g/mol. The van der Waals surface area contributed by atoms with Crippen LogP contribution in [0.15, 0.2) is 24.3 Å². The first-order valence-electron chi connectivity index (χ1n) is 14.0. The first-order chi connectivity index (χ1) is 18.8. The normalized spacial score (nSPS) is 16.3. The average Bonchev–Trinajstić information content (AvgIpc) is 2.86. The van der Waals surface area contributed by atoms with Gasteiger partial charge in [0.05, 0.1) is 18.6 Å². The molecule has 1 fully saturated rings. The second kappa shape index (κ2) is 16.4. The molecule has 0 radical (unpaired) electrons. The molecule has 0 heterocycles. The number of carbonyl (C=O) groups is 4. The van der Waals surface area contributed by atoms with Gasteiger partial charge >= 0.3 is 12.1 Å². The van der Waals surface area contributed by atoms with Gasteiger partial charge < -0.3 is 30.9 Å². The second-order valence-electron chi connectivity index (χ2n) is 11.5. The molecule has 11 heteroatoms. The highest BCUT2D eigenvalue weighted by molar-refractivity contribution is 6.30. The van der Waals surface area contributed by atoms with Crippen molar-refractivity contribution in [3.05, 3.63) is 34.9 Å². The van der Waals surface area contributed by atoms with Crippen LogP contribution in [-0.2, 0) is 25.5 Å². The fraction of sp³-hybridized carbons (Fsp3) is 0.655. The predicted molar refractivity (Wildman–Crippen MR) is 152 cm³/mol. The number of benzene rings is 1. The molecule has 1 aliphatic carbocycles. The minimum atomic E-state index is -1.22. The molecule has 2 unspecified atom stereocenters. The zero-order chi connectivity index (χ0) is 29.7. The van der Waals surface area contributed by atoms with Crippen molar-refractivity contribution in [2.45, 2.75) is 109 Å². The molecule has 40 heavy (non-hydrogen) atoms. The molecule has 3 atom stereocenters. The number of alkyl carbamates (subject to hydrolysis) is 1. The van der Waals surface area contributed by atoms with Gasteiger partial charge in [0.15, 0.2) is 0 Å². The van der Waals surface area contributed by atoms with Crippen LogP contribution in [-0.4, -0.2) is 64.4 Å². The Bertz CT molecular complexity index is 975. The number of ether oxygens (including phenoxy) is 1. The van der Waals surface area contributed by atoms with Gasteiger partial charge in [0.2, 0.25) is 11.8 Å². The Kier molecular flexibility index (Phi) is 13.7. The molecule has 3 amide bonds. The third-order valence-corrected chi connectivity index (χ3v) is 7.05. The number of amides is 3. The first-order valence-corrected chi connectivity index (χ1v) is 14.4. The molecule has 10 nitrogen and oxygen atoms in total. The highest BCUT2D eigenvalue weighted by atomic mass is 35.5. The summed E-state index contributed by atoms with van der Waals surface area (Å²) in [6, 6.07) is 5.38. The number of halogens is 1. The van der Waals surface area contributed by atoms with Crippen molar-refractivity contribution in [2.75, 3.05) is 6.54 Å². The van der Waals surface area contributed by atoms with E-state index in [9.17, 15) is 24.3 Å². The lowest BCUT2D eigenvalue weighted by Crippen LogP contribution is -2.51. The number of aliphatic hydroxyl groups is 1. The van der Waals surface area contributed by atoms with E-state index in [4.69, 9.17) is 21.4 Å². The van der Waals surface area contributed by atoms with E-state index in [0.717, 1.165) is 37.7 Å². The highest BCUT2D eigenvalue weighted by Crippen LogP contribution is 2.28. The number of hydrogen-bond acceptors (Lipinski definition) is 6. The van der Waals surface area contributed by atoms with Crippen molar-refractivity contribution in [2.24, 2.45) is 5.92 Å². The van der Waals surface area contributed by atoms with E-state index in [1.807, 2.05) is 12.1 Å². The molecule has 1 aliphatic rings. The number of carboxylic acid groups (broad SMARTS) is 1. The van der Waals surface area contributed by atoms with Gasteiger partial charge in [-0.2, -0.15) is 0 Å². The molecule has 224 valence electrons. The zero-order valence-corrected chi connectivity index (χ0v) is 24.5. The summed E-state index contributed by atoms with van der Waals surface area (Å²) < 4.78 is 5.36. The maximum atomic E-state index is 12.9. The molecule has 0 saturated heterocycles. The van der Waals surface area contributed by atoms with Crippen LogP contribution in [0.3, 0.4) is 0 Å². The number of nitrogens with one attached hydrogen (secondary N) is 3. The van der Waals surface area contributed by atoms with Crippen molar-refractivity contribution in [3.63, 3.8) is 0 Å². The summed E-state index contributed by atoms with van der Waals surface area (Å²) >= 11 is 5.90. The van der Waals surface area contributed by atoms with Crippen LogP contribution in [0, 0.1) is 5.92 Å². The zero-order valence-electron chi connectivity index (χ0n) is 23.7. The Hall–Kier alpha value is -2.85. The smallest absolute Gasteiger partial charge is 0.407 e. The summed E-state index contributed by atoms with van der Waals surface area (Å²) in [5.74, 6) is -1.91. The van der Waals surface area contributed by atoms with E-state index in [1.165, 1.54) is 0 Å². The van der Waals surface area contributed by atoms with Crippen molar-refractivity contribution in [3.8, 4) is 0 Å². The molecular weight excluding hydrogens is 538 g/mol. The minimum Gasteiger partial charge on any atom is -0.481 e. The van der Waals surface area contributed by atoms with Crippen LogP contribution in [0.5, 0.6) is 0 Å². The first kappa shape index (κ1) is 33.4. The van der Waals surface area contributed by atoms with E-state index >= 15 is 0 Å². The van der Waals surface area contributed by atoms with Crippen LogP contribution >= 0.6 is 11.6 Å². The molecular formula is C29H44ClN3O7. The van der Waals surface area contributed by atoms with E-state index in [1.54, 1.807) is 32.9 Å². The van der Waals surface area contributed by atoms with Gasteiger partial charge in [0.25, 0.3) is 0 Å². The molecule has 1 aromatic rings. The number of hydrogen-bond donors (Lipinski definition) is 5. The molecule has 2 rings (SSSR count). The lowest BCUT2D eigenvalue weighted by atomic mass is 9.83. The van der Waals surface area contributed by atoms with Gasteiger partial charge in [-0.15, -0.1) is 0 Å². The lowest BCUT2D eigenvalue weighted by molar-refractivity contribution is -0.138. The summed E-state index contributed by atoms with van der Waals surface area (Å²) in [5, 5.41) is 28.7. The van der Waals surface area contributed by atoms with Gasteiger partial charge in [-0.25, -0.2) is 4.79 Å². The van der Waals surface area contributed by atoms with Crippen LogP contribution < -0.4 is 16.0 Å². The topological polar surface area (TPSA) is 154 Å². The second-order valence-corrected chi connectivity index (χ2v) is 11.9. The Morgan fingerprint density at radius 3 is 2.30 bits per heavy atom. The van der Waals surface area contributed by atoms with Crippen molar-refractivity contribution in [1.29, 1.82) is 0 Å². The van der Waals surface area contributed by atoms with Gasteiger partial charge in [0, 0.05) is 18.0 Å². The Morgan fingerprint density at radius 1 is 1.05 bits per heavy atom. The largest absolute Gasteiger partial charge is 0.481 e. The van der Waals surface area contributed by atoms with Gasteiger partial charge in [-0.05, 0) is 63.6 Å². The number of carboxylic acids is 1. The standard InChI is InChI=1S/C29H44ClN3O7/c1-29(2,3)40-28(39)33-23(17-20-7-5-4-6-8-20)24(34)18-25(35)32-22(13-14-26(36)37)27(38)31-16-15-19-9-11-21(30)12-10-19/h9-12,20,22-24,34H,4-8,13-18H2,1-3H3,(H,31,38)(H,32,35)(H,33,39)(H,36,37)/t22-,23?,24?/m0/s1. The third kappa shape index (κ3) is 13.5. The fourth-order valence-corrected chi connectivity index (χ4v) is 4.91. The van der Waals surface area contributed by atoms with Crippen molar-refractivity contribution in [1.82, 2.24) is 16.0 Å². The summed E-state index contributed by atoms with van der Waals surface area (Å²) in [6.45, 7) is 5.50. The van der Waals surface area contributed by atoms with E-state index < -0.39 is 47.7 Å². The van der Waals surface area contributed by atoms with Gasteiger partial charge in [0.1, 0.15) is 11.6 Å². The van der Waals surface area contributed by atoms with Gasteiger partial charge in [-0.3, -0.25) is 14.4 Å². The Labute approximate surface area is 241 Å². The number of aliphatic carboxylic acids is 1. The van der Waals surface area contributed by atoms with Crippen LogP contribution in [0.25, 0.3) is 0 Å².